The second-order valence-electron chi connectivity index (χ2n) is 6.21. The quantitative estimate of drug-likeness (QED) is 0.516. The molecule has 3 aromatic heterocycles. The van der Waals surface area contributed by atoms with Crippen molar-refractivity contribution >= 4 is 22.6 Å². The first-order valence-corrected chi connectivity index (χ1v) is 8.54. The molecule has 0 amide bonds. The summed E-state index contributed by atoms with van der Waals surface area (Å²) >= 11 is 0. The van der Waals surface area contributed by atoms with Crippen LogP contribution in [0.2, 0.25) is 0 Å². The van der Waals surface area contributed by atoms with E-state index >= 15 is 0 Å². The van der Waals surface area contributed by atoms with Crippen molar-refractivity contribution in [1.82, 2.24) is 24.4 Å². The maximum atomic E-state index is 12.3. The SMILES string of the molecule is CCn1nnc2cc(C(=O)OCc3cc(=O)n4cc(C)ccc4n3)ccc21. The minimum atomic E-state index is -0.506. The summed E-state index contributed by atoms with van der Waals surface area (Å²) in [6.07, 6.45) is 1.72. The second-order valence-corrected chi connectivity index (χ2v) is 6.21. The van der Waals surface area contributed by atoms with Gasteiger partial charge in [-0.3, -0.25) is 9.20 Å². The Balaban J connectivity index is 1.54. The van der Waals surface area contributed by atoms with Crippen LogP contribution in [0, 0.1) is 6.92 Å². The number of nitrogens with zero attached hydrogens (tertiary/aromatic N) is 5. The van der Waals surface area contributed by atoms with E-state index in [9.17, 15) is 9.59 Å². The Bertz CT molecular complexity index is 1230. The molecule has 0 saturated heterocycles. The Labute approximate surface area is 154 Å². The molecule has 0 radical (unpaired) electrons. The van der Waals surface area contributed by atoms with Crippen LogP contribution in [-0.2, 0) is 17.9 Å². The molecule has 8 heteroatoms. The summed E-state index contributed by atoms with van der Waals surface area (Å²) in [5, 5.41) is 8.07. The van der Waals surface area contributed by atoms with Gasteiger partial charge in [-0.05, 0) is 43.7 Å². The van der Waals surface area contributed by atoms with Crippen LogP contribution >= 0.6 is 0 Å². The third kappa shape index (κ3) is 3.17. The van der Waals surface area contributed by atoms with Crippen molar-refractivity contribution < 1.29 is 9.53 Å². The van der Waals surface area contributed by atoms with Crippen molar-refractivity contribution in [2.75, 3.05) is 0 Å². The number of rotatable bonds is 4. The molecule has 0 aliphatic carbocycles. The van der Waals surface area contributed by atoms with Crippen LogP contribution in [0.15, 0.2) is 47.4 Å². The minimum Gasteiger partial charge on any atom is -0.456 e. The van der Waals surface area contributed by atoms with Gasteiger partial charge in [-0.25, -0.2) is 14.5 Å². The molecule has 0 bridgehead atoms. The van der Waals surface area contributed by atoms with Crippen molar-refractivity contribution in [2.45, 2.75) is 27.0 Å². The number of benzene rings is 1. The lowest BCUT2D eigenvalue weighted by molar-refractivity contribution is 0.0468. The third-order valence-corrected chi connectivity index (χ3v) is 4.26. The van der Waals surface area contributed by atoms with Crippen LogP contribution in [0.5, 0.6) is 0 Å². The van der Waals surface area contributed by atoms with E-state index in [1.54, 1.807) is 35.1 Å². The largest absolute Gasteiger partial charge is 0.456 e. The van der Waals surface area contributed by atoms with Crippen molar-refractivity contribution in [3.8, 4) is 0 Å². The zero-order valence-corrected chi connectivity index (χ0v) is 14.9. The average molecular weight is 363 g/mol. The normalized spacial score (nSPS) is 11.2. The lowest BCUT2D eigenvalue weighted by Crippen LogP contribution is -2.17. The van der Waals surface area contributed by atoms with E-state index in [-0.39, 0.29) is 12.2 Å². The molecular weight excluding hydrogens is 346 g/mol. The molecule has 136 valence electrons. The fraction of sp³-hybridized carbons (Fsp3) is 0.211. The number of carbonyl (C=O) groups is 1. The monoisotopic (exact) mass is 363 g/mol. The van der Waals surface area contributed by atoms with Gasteiger partial charge >= 0.3 is 5.97 Å². The zero-order valence-electron chi connectivity index (χ0n) is 14.9. The van der Waals surface area contributed by atoms with E-state index in [4.69, 9.17) is 4.74 Å². The standard InChI is InChI=1S/C19H17N5O3/c1-3-24-16-6-5-13(8-15(16)21-22-24)19(26)27-11-14-9-18(25)23-10-12(2)4-7-17(23)20-14/h4-10H,3,11H2,1-2H3. The van der Waals surface area contributed by atoms with E-state index in [0.29, 0.717) is 29.0 Å². The third-order valence-electron chi connectivity index (χ3n) is 4.26. The number of hydrogen-bond donors (Lipinski definition) is 0. The average Bonchev–Trinajstić information content (AvgIpc) is 3.09. The Morgan fingerprint density at radius 1 is 1.19 bits per heavy atom. The Morgan fingerprint density at radius 3 is 2.85 bits per heavy atom. The topological polar surface area (TPSA) is 91.4 Å². The molecule has 0 unspecified atom stereocenters. The maximum absolute atomic E-state index is 12.3. The van der Waals surface area contributed by atoms with Gasteiger partial charge in [-0.1, -0.05) is 11.3 Å². The molecule has 0 aliphatic heterocycles. The van der Waals surface area contributed by atoms with Gasteiger partial charge in [-0.2, -0.15) is 0 Å². The van der Waals surface area contributed by atoms with Gasteiger partial charge in [0, 0.05) is 18.8 Å². The number of pyridine rings is 1. The molecule has 3 heterocycles. The van der Waals surface area contributed by atoms with E-state index in [1.165, 1.54) is 10.5 Å². The van der Waals surface area contributed by atoms with Crippen LogP contribution in [0.3, 0.4) is 0 Å². The second kappa shape index (κ2) is 6.64. The predicted molar refractivity (Wildman–Crippen MR) is 98.5 cm³/mol. The Hall–Kier alpha value is -3.55. The molecule has 27 heavy (non-hydrogen) atoms. The highest BCUT2D eigenvalue weighted by Gasteiger charge is 2.12. The molecule has 0 N–H and O–H groups in total. The zero-order chi connectivity index (χ0) is 19.0. The highest BCUT2D eigenvalue weighted by molar-refractivity contribution is 5.93. The highest BCUT2D eigenvalue weighted by Crippen LogP contribution is 2.15. The summed E-state index contributed by atoms with van der Waals surface area (Å²) in [4.78, 5) is 28.9. The van der Waals surface area contributed by atoms with Crippen molar-refractivity contribution in [3.63, 3.8) is 0 Å². The first-order chi connectivity index (χ1) is 13.0. The summed E-state index contributed by atoms with van der Waals surface area (Å²) in [7, 11) is 0. The molecule has 0 saturated carbocycles. The summed E-state index contributed by atoms with van der Waals surface area (Å²) in [6, 6.07) is 10.1. The highest BCUT2D eigenvalue weighted by atomic mass is 16.5. The molecule has 8 nitrogen and oxygen atoms in total. The van der Waals surface area contributed by atoms with Crippen molar-refractivity contribution in [3.05, 3.63) is 69.8 Å². The van der Waals surface area contributed by atoms with Gasteiger partial charge in [0.15, 0.2) is 0 Å². The minimum absolute atomic E-state index is 0.0852. The van der Waals surface area contributed by atoms with Crippen LogP contribution in [-0.4, -0.2) is 30.3 Å². The number of carbonyl (C=O) groups excluding carboxylic acids is 1. The van der Waals surface area contributed by atoms with Crippen LogP contribution in [0.25, 0.3) is 16.7 Å². The summed E-state index contributed by atoms with van der Waals surface area (Å²) in [5.74, 6) is -0.506. The maximum Gasteiger partial charge on any atom is 0.338 e. The number of aryl methyl sites for hydroxylation is 2. The molecule has 4 rings (SSSR count). The molecular formula is C19H17N5O3. The van der Waals surface area contributed by atoms with Crippen LogP contribution in [0.1, 0.15) is 28.5 Å². The molecule has 0 atom stereocenters. The molecule has 0 aliphatic rings. The van der Waals surface area contributed by atoms with Crippen molar-refractivity contribution in [1.29, 1.82) is 0 Å². The lowest BCUT2D eigenvalue weighted by atomic mass is 10.2. The van der Waals surface area contributed by atoms with Gasteiger partial charge in [-0.15, -0.1) is 5.10 Å². The first-order valence-electron chi connectivity index (χ1n) is 8.54. The van der Waals surface area contributed by atoms with Gasteiger partial charge in [0.05, 0.1) is 16.8 Å². The van der Waals surface area contributed by atoms with Gasteiger partial charge in [0.25, 0.3) is 5.56 Å². The fourth-order valence-electron chi connectivity index (χ4n) is 2.89. The Morgan fingerprint density at radius 2 is 2.04 bits per heavy atom. The number of ether oxygens (including phenoxy) is 1. The molecule has 0 fully saturated rings. The number of esters is 1. The molecule has 0 spiro atoms. The summed E-state index contributed by atoms with van der Waals surface area (Å²) in [5.41, 5.74) is 3.51. The van der Waals surface area contributed by atoms with Crippen LogP contribution in [0.4, 0.5) is 0 Å². The van der Waals surface area contributed by atoms with E-state index in [0.717, 1.165) is 11.1 Å². The van der Waals surface area contributed by atoms with Gasteiger partial charge in [0.2, 0.25) is 0 Å². The fourth-order valence-corrected chi connectivity index (χ4v) is 2.89. The van der Waals surface area contributed by atoms with Gasteiger partial charge in [0.1, 0.15) is 17.8 Å². The molecule has 1 aromatic carbocycles. The summed E-state index contributed by atoms with van der Waals surface area (Å²) in [6.45, 7) is 4.48. The smallest absolute Gasteiger partial charge is 0.338 e. The lowest BCUT2D eigenvalue weighted by Gasteiger charge is -2.07. The van der Waals surface area contributed by atoms with Crippen molar-refractivity contribution in [2.24, 2.45) is 0 Å². The van der Waals surface area contributed by atoms with E-state index in [1.807, 2.05) is 19.9 Å². The van der Waals surface area contributed by atoms with E-state index in [2.05, 4.69) is 15.3 Å². The number of aromatic nitrogens is 5. The Kier molecular flexibility index (Phi) is 4.15. The molecule has 4 aromatic rings. The van der Waals surface area contributed by atoms with Gasteiger partial charge < -0.3 is 4.74 Å². The van der Waals surface area contributed by atoms with Crippen LogP contribution < -0.4 is 5.56 Å². The summed E-state index contributed by atoms with van der Waals surface area (Å²) < 4.78 is 8.53. The number of hydrogen-bond acceptors (Lipinski definition) is 6. The first kappa shape index (κ1) is 16.9. The van der Waals surface area contributed by atoms with E-state index < -0.39 is 5.97 Å². The number of fused-ring (bicyclic) bond motifs is 2. The predicted octanol–water partition coefficient (Wildman–Crippen LogP) is 2.12.